The molecule has 0 saturated heterocycles. The summed E-state index contributed by atoms with van der Waals surface area (Å²) in [5, 5.41) is 0. The summed E-state index contributed by atoms with van der Waals surface area (Å²) < 4.78 is 2.72. The SMILES string of the molecule is C[SiH](C)N(C1C=Cc2ccccc21)C(C)(C)C. The van der Waals surface area contributed by atoms with Gasteiger partial charge in [-0.15, -0.1) is 0 Å². The van der Waals surface area contributed by atoms with E-state index in [0.29, 0.717) is 6.04 Å². The average molecular weight is 245 g/mol. The molecule has 2 rings (SSSR count). The summed E-state index contributed by atoms with van der Waals surface area (Å²) in [7, 11) is -0.840. The number of fused-ring (bicyclic) bond motifs is 1. The Bertz CT molecular complexity index is 429. The van der Waals surface area contributed by atoms with E-state index in [-0.39, 0.29) is 5.54 Å². The second-order valence-electron chi connectivity index (χ2n) is 6.10. The van der Waals surface area contributed by atoms with E-state index in [2.05, 4.69) is 74.8 Å². The third kappa shape index (κ3) is 2.38. The normalized spacial score (nSPS) is 19.1. The molecule has 2 heteroatoms. The Balaban J connectivity index is 2.39. The highest BCUT2D eigenvalue weighted by molar-refractivity contribution is 6.53. The van der Waals surface area contributed by atoms with E-state index in [4.69, 9.17) is 0 Å². The molecular formula is C15H23NSi. The summed E-state index contributed by atoms with van der Waals surface area (Å²) >= 11 is 0. The molecule has 0 aromatic heterocycles. The molecule has 0 saturated carbocycles. The molecular weight excluding hydrogens is 222 g/mol. The van der Waals surface area contributed by atoms with Crippen LogP contribution in [-0.4, -0.2) is 19.1 Å². The van der Waals surface area contributed by atoms with Gasteiger partial charge in [0.2, 0.25) is 0 Å². The molecule has 1 nitrogen and oxygen atoms in total. The van der Waals surface area contributed by atoms with Crippen LogP contribution in [0.3, 0.4) is 0 Å². The molecule has 0 fully saturated rings. The van der Waals surface area contributed by atoms with Gasteiger partial charge in [-0.05, 0) is 31.9 Å². The standard InChI is InChI=1S/C15H23NSi/c1-15(2,3)16(17(4)5)14-11-10-12-8-6-7-9-13(12)14/h6-11,14,17H,1-5H3. The number of rotatable bonds is 2. The zero-order valence-electron chi connectivity index (χ0n) is 11.6. The summed E-state index contributed by atoms with van der Waals surface area (Å²) in [5.74, 6) is 0. The van der Waals surface area contributed by atoms with Crippen LogP contribution in [0.4, 0.5) is 0 Å². The summed E-state index contributed by atoms with van der Waals surface area (Å²) in [4.78, 5) is 0. The minimum absolute atomic E-state index is 0.243. The topological polar surface area (TPSA) is 3.24 Å². The van der Waals surface area contributed by atoms with Gasteiger partial charge in [0.15, 0.2) is 0 Å². The Labute approximate surface area is 107 Å². The molecule has 0 heterocycles. The van der Waals surface area contributed by atoms with Crippen LogP contribution < -0.4 is 0 Å². The lowest BCUT2D eigenvalue weighted by molar-refractivity contribution is 0.215. The van der Waals surface area contributed by atoms with Crippen LogP contribution in [0.15, 0.2) is 30.3 Å². The van der Waals surface area contributed by atoms with E-state index in [1.54, 1.807) is 0 Å². The second-order valence-corrected chi connectivity index (χ2v) is 8.85. The van der Waals surface area contributed by atoms with Crippen LogP contribution >= 0.6 is 0 Å². The first-order valence-corrected chi connectivity index (χ1v) is 9.29. The molecule has 0 N–H and O–H groups in total. The fraction of sp³-hybridized carbons (Fsp3) is 0.467. The van der Waals surface area contributed by atoms with Crippen LogP contribution in [0.1, 0.15) is 37.9 Å². The fourth-order valence-electron chi connectivity index (χ4n) is 2.99. The zero-order chi connectivity index (χ0) is 12.6. The highest BCUT2D eigenvalue weighted by atomic mass is 28.3. The van der Waals surface area contributed by atoms with E-state index in [1.165, 1.54) is 11.1 Å². The maximum atomic E-state index is 2.72. The van der Waals surface area contributed by atoms with Crippen LogP contribution in [-0.2, 0) is 0 Å². The Morgan fingerprint density at radius 2 is 1.76 bits per heavy atom. The van der Waals surface area contributed by atoms with Crippen molar-refractivity contribution in [3.05, 3.63) is 41.5 Å². The Hall–Kier alpha value is -0.863. The smallest absolute Gasteiger partial charge is 0.107 e. The monoisotopic (exact) mass is 245 g/mol. The Kier molecular flexibility index (Phi) is 3.28. The maximum absolute atomic E-state index is 2.72. The lowest BCUT2D eigenvalue weighted by Crippen LogP contribution is -2.49. The maximum Gasteiger partial charge on any atom is 0.107 e. The number of hydrogen-bond acceptors (Lipinski definition) is 1. The van der Waals surface area contributed by atoms with Crippen LogP contribution in [0.2, 0.25) is 13.1 Å². The number of nitrogens with zero attached hydrogens (tertiary/aromatic N) is 1. The first-order chi connectivity index (χ1) is 7.91. The lowest BCUT2D eigenvalue weighted by atomic mass is 10.0. The van der Waals surface area contributed by atoms with Crippen molar-refractivity contribution in [2.45, 2.75) is 45.4 Å². The summed E-state index contributed by atoms with van der Waals surface area (Å²) in [6.07, 6.45) is 4.64. The summed E-state index contributed by atoms with van der Waals surface area (Å²) in [6.45, 7) is 11.8. The molecule has 0 bridgehead atoms. The van der Waals surface area contributed by atoms with Gasteiger partial charge in [-0.3, -0.25) is 0 Å². The molecule has 0 spiro atoms. The first kappa shape index (κ1) is 12.6. The molecule has 92 valence electrons. The molecule has 1 atom stereocenters. The predicted molar refractivity (Wildman–Crippen MR) is 78.7 cm³/mol. The zero-order valence-corrected chi connectivity index (χ0v) is 12.7. The molecule has 17 heavy (non-hydrogen) atoms. The predicted octanol–water partition coefficient (Wildman–Crippen LogP) is 3.84. The van der Waals surface area contributed by atoms with Crippen molar-refractivity contribution in [1.82, 2.24) is 4.57 Å². The van der Waals surface area contributed by atoms with E-state index in [0.717, 1.165) is 0 Å². The van der Waals surface area contributed by atoms with Gasteiger partial charge in [0.25, 0.3) is 0 Å². The minimum Gasteiger partial charge on any atom is -0.312 e. The Morgan fingerprint density at radius 3 is 2.35 bits per heavy atom. The summed E-state index contributed by atoms with van der Waals surface area (Å²) in [6, 6.07) is 9.25. The quantitative estimate of drug-likeness (QED) is 0.716. The highest BCUT2D eigenvalue weighted by Crippen LogP contribution is 2.37. The average Bonchev–Trinajstić information content (AvgIpc) is 2.60. The van der Waals surface area contributed by atoms with E-state index < -0.39 is 8.96 Å². The third-order valence-electron chi connectivity index (χ3n) is 3.40. The molecule has 1 aromatic rings. The minimum atomic E-state index is -0.840. The van der Waals surface area contributed by atoms with Crippen molar-refractivity contribution in [1.29, 1.82) is 0 Å². The second kappa shape index (κ2) is 4.43. The van der Waals surface area contributed by atoms with Gasteiger partial charge in [0, 0.05) is 11.6 Å². The highest BCUT2D eigenvalue weighted by Gasteiger charge is 2.33. The van der Waals surface area contributed by atoms with E-state index in [1.807, 2.05) is 0 Å². The fourth-order valence-corrected chi connectivity index (χ4v) is 5.44. The van der Waals surface area contributed by atoms with Crippen molar-refractivity contribution in [3.8, 4) is 0 Å². The van der Waals surface area contributed by atoms with Gasteiger partial charge in [-0.2, -0.15) is 0 Å². The molecule has 0 radical (unpaired) electrons. The first-order valence-electron chi connectivity index (χ1n) is 6.47. The van der Waals surface area contributed by atoms with Crippen molar-refractivity contribution in [2.75, 3.05) is 0 Å². The molecule has 1 aliphatic carbocycles. The van der Waals surface area contributed by atoms with Crippen molar-refractivity contribution < 1.29 is 0 Å². The van der Waals surface area contributed by atoms with Gasteiger partial charge in [0.05, 0.1) is 0 Å². The van der Waals surface area contributed by atoms with Gasteiger partial charge in [-0.1, -0.05) is 49.5 Å². The van der Waals surface area contributed by atoms with Gasteiger partial charge in [-0.25, -0.2) is 0 Å². The number of hydrogen-bond donors (Lipinski definition) is 0. The molecule has 1 aliphatic rings. The number of benzene rings is 1. The van der Waals surface area contributed by atoms with Crippen molar-refractivity contribution in [2.24, 2.45) is 0 Å². The largest absolute Gasteiger partial charge is 0.312 e. The van der Waals surface area contributed by atoms with E-state index >= 15 is 0 Å². The summed E-state index contributed by atoms with van der Waals surface area (Å²) in [5.41, 5.74) is 3.11. The van der Waals surface area contributed by atoms with Crippen molar-refractivity contribution in [3.63, 3.8) is 0 Å². The van der Waals surface area contributed by atoms with E-state index in [9.17, 15) is 0 Å². The van der Waals surface area contributed by atoms with Crippen molar-refractivity contribution >= 4 is 15.0 Å². The molecule has 0 aliphatic heterocycles. The lowest BCUT2D eigenvalue weighted by Gasteiger charge is -2.43. The van der Waals surface area contributed by atoms with Gasteiger partial charge >= 0.3 is 0 Å². The molecule has 1 aromatic carbocycles. The molecule has 1 unspecified atom stereocenters. The van der Waals surface area contributed by atoms with Crippen LogP contribution in [0.5, 0.6) is 0 Å². The van der Waals surface area contributed by atoms with Gasteiger partial charge < -0.3 is 4.57 Å². The third-order valence-corrected chi connectivity index (χ3v) is 5.61. The van der Waals surface area contributed by atoms with Gasteiger partial charge in [0.1, 0.15) is 8.96 Å². The van der Waals surface area contributed by atoms with Crippen LogP contribution in [0, 0.1) is 0 Å². The Morgan fingerprint density at radius 1 is 1.12 bits per heavy atom. The van der Waals surface area contributed by atoms with Crippen LogP contribution in [0.25, 0.3) is 6.08 Å². The molecule has 0 amide bonds.